The molecule has 3 heterocycles. The van der Waals surface area contributed by atoms with E-state index in [0.717, 1.165) is 67.3 Å². The third kappa shape index (κ3) is 6.74. The van der Waals surface area contributed by atoms with E-state index in [2.05, 4.69) is 29.8 Å². The number of ether oxygens (including phenoxy) is 1. The predicted molar refractivity (Wildman–Crippen MR) is 158 cm³/mol. The van der Waals surface area contributed by atoms with E-state index in [4.69, 9.17) is 21.3 Å². The van der Waals surface area contributed by atoms with E-state index in [1.807, 2.05) is 42.5 Å². The minimum Gasteiger partial charge on any atom is -0.487 e. The largest absolute Gasteiger partial charge is 0.487 e. The second-order valence-electron chi connectivity index (χ2n) is 11.6. The monoisotopic (exact) mass is 573 g/mol. The molecule has 2 aliphatic heterocycles. The first-order valence-corrected chi connectivity index (χ1v) is 14.6. The third-order valence-corrected chi connectivity index (χ3v) is 8.93. The zero-order chi connectivity index (χ0) is 29.0. The molecular formula is C32H36ClN5O3. The molecule has 2 aliphatic rings. The highest BCUT2D eigenvalue weighted by Crippen LogP contribution is 2.35. The molecule has 2 saturated heterocycles. The Labute approximate surface area is 246 Å². The van der Waals surface area contributed by atoms with Crippen LogP contribution in [0.25, 0.3) is 0 Å². The molecular weight excluding hydrogens is 538 g/mol. The highest BCUT2D eigenvalue weighted by atomic mass is 35.5. The van der Waals surface area contributed by atoms with Gasteiger partial charge in [-0.15, -0.1) is 0 Å². The Morgan fingerprint density at radius 1 is 1.02 bits per heavy atom. The van der Waals surface area contributed by atoms with Gasteiger partial charge in [-0.3, -0.25) is 0 Å². The molecule has 1 amide bonds. The van der Waals surface area contributed by atoms with Crippen LogP contribution in [0.5, 0.6) is 5.75 Å². The average molecular weight is 574 g/mol. The Kier molecular flexibility index (Phi) is 8.65. The zero-order valence-electron chi connectivity index (χ0n) is 23.6. The van der Waals surface area contributed by atoms with Crippen molar-refractivity contribution in [3.8, 4) is 11.8 Å². The van der Waals surface area contributed by atoms with Gasteiger partial charge >= 0.3 is 6.09 Å². The fourth-order valence-corrected chi connectivity index (χ4v) is 6.29. The lowest BCUT2D eigenvalue weighted by Crippen LogP contribution is -2.42. The van der Waals surface area contributed by atoms with Crippen LogP contribution in [0.2, 0.25) is 5.02 Å². The van der Waals surface area contributed by atoms with Crippen LogP contribution < -0.4 is 9.64 Å². The highest BCUT2D eigenvalue weighted by Gasteiger charge is 2.31. The van der Waals surface area contributed by atoms with Crippen molar-refractivity contribution in [3.05, 3.63) is 82.1 Å². The number of nitrogens with zero attached hydrogens (tertiary/aromatic N) is 5. The van der Waals surface area contributed by atoms with E-state index in [9.17, 15) is 15.2 Å². The molecule has 2 aromatic carbocycles. The summed E-state index contributed by atoms with van der Waals surface area (Å²) in [7, 11) is 0. The molecule has 0 radical (unpaired) electrons. The first kappa shape index (κ1) is 28.7. The second kappa shape index (κ2) is 12.4. The summed E-state index contributed by atoms with van der Waals surface area (Å²) in [4.78, 5) is 24.3. The van der Waals surface area contributed by atoms with Gasteiger partial charge in [-0.2, -0.15) is 5.26 Å². The lowest BCUT2D eigenvalue weighted by Gasteiger charge is -2.39. The number of likely N-dealkylation sites (tertiary alicyclic amines) is 1. The van der Waals surface area contributed by atoms with Crippen molar-refractivity contribution in [2.45, 2.75) is 51.6 Å². The number of anilines is 1. The molecule has 9 heteroatoms. The van der Waals surface area contributed by atoms with Gasteiger partial charge in [0.05, 0.1) is 17.3 Å². The van der Waals surface area contributed by atoms with Gasteiger partial charge in [-0.05, 0) is 85.0 Å². The van der Waals surface area contributed by atoms with Crippen molar-refractivity contribution in [2.24, 2.45) is 11.8 Å². The van der Waals surface area contributed by atoms with Gasteiger partial charge in [-0.25, -0.2) is 14.8 Å². The maximum Gasteiger partial charge on any atom is 0.407 e. The Balaban J connectivity index is 1.15. The predicted octanol–water partition coefficient (Wildman–Crippen LogP) is 6.51. The fourth-order valence-electron chi connectivity index (χ4n) is 6.06. The molecule has 0 unspecified atom stereocenters. The Hall–Kier alpha value is -3.83. The number of hydrogen-bond donors (Lipinski definition) is 1. The van der Waals surface area contributed by atoms with E-state index < -0.39 is 6.09 Å². The third-order valence-electron chi connectivity index (χ3n) is 8.71. The molecule has 214 valence electrons. The molecule has 3 aromatic rings. The summed E-state index contributed by atoms with van der Waals surface area (Å²) in [6.07, 6.45) is 5.07. The normalized spacial score (nSPS) is 16.8. The van der Waals surface area contributed by atoms with Crippen LogP contribution in [-0.2, 0) is 12.0 Å². The summed E-state index contributed by atoms with van der Waals surface area (Å²) in [6, 6.07) is 17.5. The molecule has 0 spiro atoms. The SMILES string of the molecule is CC(C)(c1ccc(OCc2ccnc(N3CCC(C4CCN(C(=O)O)CC4)CC3)n2)cc1)c1cc(Cl)cc(C#N)c1. The molecule has 0 bridgehead atoms. The first-order chi connectivity index (χ1) is 19.7. The second-order valence-corrected chi connectivity index (χ2v) is 12.0. The highest BCUT2D eigenvalue weighted by molar-refractivity contribution is 6.30. The van der Waals surface area contributed by atoms with Gasteiger partial charge in [0, 0.05) is 42.8 Å². The zero-order valence-corrected chi connectivity index (χ0v) is 24.3. The van der Waals surface area contributed by atoms with Crippen LogP contribution in [0.15, 0.2) is 54.7 Å². The number of benzene rings is 2. The standard InChI is InChI=1S/C32H36ClN5O3/c1-32(2,26-17-22(20-34)18-27(33)19-26)25-3-5-29(6-4-25)41-21-28-7-12-35-30(36-28)37-13-8-23(9-14-37)24-10-15-38(16-11-24)31(39)40/h3-7,12,17-19,23-24H,8-11,13-16,21H2,1-2H3,(H,39,40). The molecule has 0 aliphatic carbocycles. The van der Waals surface area contributed by atoms with E-state index in [1.54, 1.807) is 12.3 Å². The number of piperidine rings is 2. The Morgan fingerprint density at radius 3 is 2.32 bits per heavy atom. The number of nitriles is 1. The summed E-state index contributed by atoms with van der Waals surface area (Å²) in [6.45, 7) is 7.69. The van der Waals surface area contributed by atoms with Gasteiger partial charge < -0.3 is 19.6 Å². The molecule has 5 rings (SSSR count). The molecule has 0 atom stereocenters. The minimum absolute atomic E-state index is 0.333. The van der Waals surface area contributed by atoms with Crippen LogP contribution in [0.4, 0.5) is 10.7 Å². The fraction of sp³-hybridized carbons (Fsp3) is 0.438. The van der Waals surface area contributed by atoms with Gasteiger partial charge in [0.25, 0.3) is 0 Å². The van der Waals surface area contributed by atoms with Gasteiger partial charge in [0.2, 0.25) is 5.95 Å². The summed E-state index contributed by atoms with van der Waals surface area (Å²) >= 11 is 6.26. The summed E-state index contributed by atoms with van der Waals surface area (Å²) in [5, 5.41) is 19.1. The van der Waals surface area contributed by atoms with Crippen molar-refractivity contribution in [1.29, 1.82) is 5.26 Å². The molecule has 8 nitrogen and oxygen atoms in total. The average Bonchev–Trinajstić information content (AvgIpc) is 3.00. The van der Waals surface area contributed by atoms with Crippen molar-refractivity contribution in [3.63, 3.8) is 0 Å². The van der Waals surface area contributed by atoms with Crippen LogP contribution in [0, 0.1) is 23.2 Å². The van der Waals surface area contributed by atoms with E-state index in [1.165, 1.54) is 4.90 Å². The number of rotatable bonds is 7. The number of halogens is 1. The van der Waals surface area contributed by atoms with Crippen LogP contribution >= 0.6 is 11.6 Å². The summed E-state index contributed by atoms with van der Waals surface area (Å²) in [5.74, 6) is 2.73. The lowest BCUT2D eigenvalue weighted by atomic mass is 9.78. The maximum absolute atomic E-state index is 11.2. The molecule has 1 aromatic heterocycles. The van der Waals surface area contributed by atoms with Crippen LogP contribution in [-0.4, -0.2) is 52.2 Å². The number of aromatic nitrogens is 2. The number of amides is 1. The van der Waals surface area contributed by atoms with Crippen LogP contribution in [0.3, 0.4) is 0 Å². The quantitative estimate of drug-likeness (QED) is 0.343. The molecule has 0 saturated carbocycles. The summed E-state index contributed by atoms with van der Waals surface area (Å²) in [5.41, 5.74) is 3.12. The van der Waals surface area contributed by atoms with E-state index in [0.29, 0.717) is 42.1 Å². The van der Waals surface area contributed by atoms with Crippen LogP contribution in [0.1, 0.15) is 61.9 Å². The van der Waals surface area contributed by atoms with Gasteiger partial charge in [-0.1, -0.05) is 37.6 Å². The van der Waals surface area contributed by atoms with Gasteiger partial charge in [0.1, 0.15) is 12.4 Å². The molecule has 2 fully saturated rings. The van der Waals surface area contributed by atoms with Crippen molar-refractivity contribution < 1.29 is 14.6 Å². The van der Waals surface area contributed by atoms with Gasteiger partial charge in [0.15, 0.2) is 0 Å². The van der Waals surface area contributed by atoms with Crippen molar-refractivity contribution >= 4 is 23.6 Å². The Morgan fingerprint density at radius 2 is 1.68 bits per heavy atom. The van der Waals surface area contributed by atoms with Crippen molar-refractivity contribution in [2.75, 3.05) is 31.1 Å². The smallest absolute Gasteiger partial charge is 0.407 e. The molecule has 1 N–H and O–H groups in total. The number of carbonyl (C=O) groups is 1. The van der Waals surface area contributed by atoms with E-state index in [-0.39, 0.29) is 5.41 Å². The topological polar surface area (TPSA) is 103 Å². The lowest BCUT2D eigenvalue weighted by molar-refractivity contribution is 0.107. The number of hydrogen-bond acceptors (Lipinski definition) is 6. The number of carboxylic acid groups (broad SMARTS) is 1. The minimum atomic E-state index is -0.801. The van der Waals surface area contributed by atoms with Crippen molar-refractivity contribution in [1.82, 2.24) is 14.9 Å². The maximum atomic E-state index is 11.2. The summed E-state index contributed by atoms with van der Waals surface area (Å²) < 4.78 is 6.07. The Bertz CT molecular complexity index is 1410. The van der Waals surface area contributed by atoms with E-state index >= 15 is 0 Å². The molecule has 41 heavy (non-hydrogen) atoms. The first-order valence-electron chi connectivity index (χ1n) is 14.2.